The highest BCUT2D eigenvalue weighted by Gasteiger charge is 2.28. The summed E-state index contributed by atoms with van der Waals surface area (Å²) >= 11 is 0. The molecule has 1 heteroatoms. The zero-order chi connectivity index (χ0) is 15.4. The molecule has 1 atom stereocenters. The first-order valence-corrected chi connectivity index (χ1v) is 8.74. The highest BCUT2D eigenvalue weighted by atomic mass is 14.9. The van der Waals surface area contributed by atoms with Crippen LogP contribution in [-0.4, -0.2) is 13.1 Å². The van der Waals surface area contributed by atoms with Crippen LogP contribution in [0.2, 0.25) is 0 Å². The highest BCUT2D eigenvalue weighted by molar-refractivity contribution is 5.30. The molecule has 1 aromatic rings. The molecule has 0 amide bonds. The Morgan fingerprint density at radius 3 is 2.14 bits per heavy atom. The van der Waals surface area contributed by atoms with E-state index < -0.39 is 0 Å². The summed E-state index contributed by atoms with van der Waals surface area (Å²) in [5.74, 6) is 2.67. The summed E-state index contributed by atoms with van der Waals surface area (Å²) in [5, 5.41) is 3.60. The molecule has 0 spiro atoms. The third-order valence-electron chi connectivity index (χ3n) is 5.73. The lowest BCUT2D eigenvalue weighted by Gasteiger charge is -2.35. The van der Waals surface area contributed by atoms with Gasteiger partial charge < -0.3 is 5.32 Å². The summed E-state index contributed by atoms with van der Waals surface area (Å²) in [6, 6.07) is 7.60. The van der Waals surface area contributed by atoms with E-state index in [2.05, 4.69) is 58.3 Å². The fraction of sp³-hybridized carbons (Fsp3) is 0.700. The van der Waals surface area contributed by atoms with Gasteiger partial charge in [-0.2, -0.15) is 0 Å². The molecule has 0 saturated heterocycles. The maximum atomic E-state index is 3.60. The number of hydrogen-bond acceptors (Lipinski definition) is 1. The van der Waals surface area contributed by atoms with Gasteiger partial charge in [-0.15, -0.1) is 0 Å². The van der Waals surface area contributed by atoms with Crippen molar-refractivity contribution in [2.24, 2.45) is 17.8 Å². The van der Waals surface area contributed by atoms with Crippen molar-refractivity contribution in [2.45, 2.75) is 65.8 Å². The van der Waals surface area contributed by atoms with Gasteiger partial charge in [-0.05, 0) is 87.4 Å². The fourth-order valence-corrected chi connectivity index (χ4v) is 3.90. The first-order chi connectivity index (χ1) is 10.0. The second kappa shape index (κ2) is 7.45. The van der Waals surface area contributed by atoms with Crippen LogP contribution in [-0.2, 0) is 6.42 Å². The summed E-state index contributed by atoms with van der Waals surface area (Å²) in [7, 11) is 2.14. The Morgan fingerprint density at radius 2 is 1.62 bits per heavy atom. The Morgan fingerprint density at radius 1 is 1.00 bits per heavy atom. The van der Waals surface area contributed by atoms with Crippen LogP contribution in [0.4, 0.5) is 0 Å². The summed E-state index contributed by atoms with van der Waals surface area (Å²) in [4.78, 5) is 0. The largest absolute Gasteiger partial charge is 0.316 e. The molecule has 0 aromatic heterocycles. The number of likely N-dealkylation sites (N-methyl/N-ethyl adjacent to an activating group) is 1. The lowest BCUT2D eigenvalue weighted by Crippen LogP contribution is -2.38. The maximum absolute atomic E-state index is 3.60. The average molecular weight is 287 g/mol. The first-order valence-electron chi connectivity index (χ1n) is 8.74. The quantitative estimate of drug-likeness (QED) is 0.812. The van der Waals surface area contributed by atoms with Gasteiger partial charge in [0.05, 0.1) is 0 Å². The summed E-state index contributed by atoms with van der Waals surface area (Å²) in [6.45, 7) is 9.19. The van der Waals surface area contributed by atoms with Crippen LogP contribution < -0.4 is 5.32 Å². The molecular formula is C20H33N. The molecule has 1 N–H and O–H groups in total. The zero-order valence-electron chi connectivity index (χ0n) is 14.6. The molecular weight excluding hydrogens is 254 g/mol. The zero-order valence-corrected chi connectivity index (χ0v) is 14.6. The van der Waals surface area contributed by atoms with Gasteiger partial charge in [0, 0.05) is 6.04 Å². The van der Waals surface area contributed by atoms with Gasteiger partial charge in [0.2, 0.25) is 0 Å². The Kier molecular flexibility index (Phi) is 5.87. The van der Waals surface area contributed by atoms with Crippen LogP contribution in [0.1, 0.15) is 56.2 Å². The second-order valence-corrected chi connectivity index (χ2v) is 7.44. The predicted molar refractivity (Wildman–Crippen MR) is 92.8 cm³/mol. The normalized spacial score (nSPS) is 24.3. The second-order valence-electron chi connectivity index (χ2n) is 7.44. The third kappa shape index (κ3) is 4.32. The summed E-state index contributed by atoms with van der Waals surface area (Å²) in [6.07, 6.45) is 6.83. The number of rotatable bonds is 5. The Balaban J connectivity index is 1.95. The SMILES string of the molecule is CNC(Cc1ccc(C)c(C)c1)C1CCC(C(C)C)CC1. The molecule has 0 aliphatic heterocycles. The van der Waals surface area contributed by atoms with Crippen LogP contribution >= 0.6 is 0 Å². The van der Waals surface area contributed by atoms with Crippen molar-refractivity contribution >= 4 is 0 Å². The maximum Gasteiger partial charge on any atom is 0.0133 e. The molecule has 21 heavy (non-hydrogen) atoms. The van der Waals surface area contributed by atoms with E-state index in [-0.39, 0.29) is 0 Å². The van der Waals surface area contributed by atoms with Crippen molar-refractivity contribution in [1.82, 2.24) is 5.32 Å². The Hall–Kier alpha value is -0.820. The van der Waals surface area contributed by atoms with Crippen LogP contribution in [0.3, 0.4) is 0 Å². The van der Waals surface area contributed by atoms with Crippen molar-refractivity contribution in [1.29, 1.82) is 0 Å². The Labute approximate surface area is 131 Å². The minimum Gasteiger partial charge on any atom is -0.316 e. The van der Waals surface area contributed by atoms with Gasteiger partial charge in [-0.3, -0.25) is 0 Å². The minimum atomic E-state index is 0.639. The number of hydrogen-bond donors (Lipinski definition) is 1. The monoisotopic (exact) mass is 287 g/mol. The van der Waals surface area contributed by atoms with E-state index >= 15 is 0 Å². The van der Waals surface area contributed by atoms with E-state index in [1.807, 2.05) is 0 Å². The standard InChI is InChI=1S/C20H33N/c1-14(2)18-8-10-19(11-9-18)20(21-5)13-17-7-6-15(3)16(4)12-17/h6-7,12,14,18-21H,8-11,13H2,1-5H3. The number of nitrogens with one attached hydrogen (secondary N) is 1. The van der Waals surface area contributed by atoms with Crippen molar-refractivity contribution in [3.63, 3.8) is 0 Å². The molecule has 1 saturated carbocycles. The van der Waals surface area contributed by atoms with E-state index in [1.165, 1.54) is 48.8 Å². The number of aryl methyl sites for hydroxylation is 2. The van der Waals surface area contributed by atoms with Gasteiger partial charge >= 0.3 is 0 Å². The van der Waals surface area contributed by atoms with E-state index in [0.717, 1.165) is 17.8 Å². The molecule has 0 radical (unpaired) electrons. The van der Waals surface area contributed by atoms with Crippen molar-refractivity contribution < 1.29 is 0 Å². The lowest BCUT2D eigenvalue weighted by atomic mass is 9.73. The van der Waals surface area contributed by atoms with Crippen LogP contribution in [0.15, 0.2) is 18.2 Å². The van der Waals surface area contributed by atoms with Crippen LogP contribution in [0, 0.1) is 31.6 Å². The van der Waals surface area contributed by atoms with Crippen LogP contribution in [0.5, 0.6) is 0 Å². The fourth-order valence-electron chi connectivity index (χ4n) is 3.90. The van der Waals surface area contributed by atoms with E-state index in [0.29, 0.717) is 6.04 Å². The molecule has 1 fully saturated rings. The summed E-state index contributed by atoms with van der Waals surface area (Å²) < 4.78 is 0. The molecule has 1 aromatic carbocycles. The Bertz CT molecular complexity index is 441. The lowest BCUT2D eigenvalue weighted by molar-refractivity contribution is 0.191. The topological polar surface area (TPSA) is 12.0 Å². The van der Waals surface area contributed by atoms with Gasteiger partial charge in [0.25, 0.3) is 0 Å². The summed E-state index contributed by atoms with van der Waals surface area (Å²) in [5.41, 5.74) is 4.31. The molecule has 0 heterocycles. The molecule has 2 rings (SSSR count). The predicted octanol–water partition coefficient (Wildman–Crippen LogP) is 4.90. The first kappa shape index (κ1) is 16.5. The third-order valence-corrected chi connectivity index (χ3v) is 5.73. The van der Waals surface area contributed by atoms with Gasteiger partial charge in [0.15, 0.2) is 0 Å². The highest BCUT2D eigenvalue weighted by Crippen LogP contribution is 2.35. The van der Waals surface area contributed by atoms with Gasteiger partial charge in [0.1, 0.15) is 0 Å². The molecule has 1 aliphatic carbocycles. The molecule has 118 valence electrons. The van der Waals surface area contributed by atoms with E-state index in [4.69, 9.17) is 0 Å². The molecule has 1 unspecified atom stereocenters. The molecule has 1 nitrogen and oxygen atoms in total. The van der Waals surface area contributed by atoms with Crippen molar-refractivity contribution in [3.8, 4) is 0 Å². The average Bonchev–Trinajstić information content (AvgIpc) is 2.48. The van der Waals surface area contributed by atoms with E-state index in [1.54, 1.807) is 0 Å². The smallest absolute Gasteiger partial charge is 0.0133 e. The number of benzene rings is 1. The molecule has 0 bridgehead atoms. The van der Waals surface area contributed by atoms with Gasteiger partial charge in [-0.1, -0.05) is 32.0 Å². The van der Waals surface area contributed by atoms with E-state index in [9.17, 15) is 0 Å². The molecule has 1 aliphatic rings. The minimum absolute atomic E-state index is 0.639. The van der Waals surface area contributed by atoms with Crippen molar-refractivity contribution in [3.05, 3.63) is 34.9 Å². The van der Waals surface area contributed by atoms with Crippen LogP contribution in [0.25, 0.3) is 0 Å². The van der Waals surface area contributed by atoms with Gasteiger partial charge in [-0.25, -0.2) is 0 Å². The van der Waals surface area contributed by atoms with Crippen molar-refractivity contribution in [2.75, 3.05) is 7.05 Å².